The maximum Gasteiger partial charge on any atom is 0.164 e. The monoisotopic (exact) mass is 396 g/mol. The van der Waals surface area contributed by atoms with Gasteiger partial charge in [0.25, 0.3) is 0 Å². The minimum Gasteiger partial charge on any atom is -0.329 e. The molecule has 0 spiro atoms. The lowest BCUT2D eigenvalue weighted by Crippen LogP contribution is -2.50. The van der Waals surface area contributed by atoms with Crippen molar-refractivity contribution in [2.75, 3.05) is 30.9 Å². The van der Waals surface area contributed by atoms with Gasteiger partial charge >= 0.3 is 0 Å². The zero-order chi connectivity index (χ0) is 15.6. The summed E-state index contributed by atoms with van der Waals surface area (Å²) < 4.78 is 37.8. The molecule has 0 bridgehead atoms. The molecule has 4 nitrogen and oxygen atoms in total. The van der Waals surface area contributed by atoms with Crippen molar-refractivity contribution in [3.8, 4) is 0 Å². The second-order valence-corrected chi connectivity index (χ2v) is 9.23. The summed E-state index contributed by atoms with van der Waals surface area (Å²) in [5.41, 5.74) is 6.70. The lowest BCUT2D eigenvalue weighted by molar-refractivity contribution is 0.198. The first-order valence-corrected chi connectivity index (χ1v) is 10.4. The van der Waals surface area contributed by atoms with Crippen molar-refractivity contribution in [1.82, 2.24) is 4.90 Å². The standard InChI is InChI=1S/C13H18BrFN2O2S2/c1-21(18,19)13-8-20-5-4-17(13)12(7-16)9-2-3-11(15)10(14)6-9/h2-3,6,12-13H,4-5,7-8,16H2,1H3. The fourth-order valence-electron chi connectivity index (χ4n) is 2.50. The zero-order valence-electron chi connectivity index (χ0n) is 11.6. The predicted molar refractivity (Wildman–Crippen MR) is 88.6 cm³/mol. The third kappa shape index (κ3) is 3.98. The van der Waals surface area contributed by atoms with Gasteiger partial charge in [-0.15, -0.1) is 0 Å². The Balaban J connectivity index is 2.36. The summed E-state index contributed by atoms with van der Waals surface area (Å²) in [6, 6.07) is 4.48. The van der Waals surface area contributed by atoms with Gasteiger partial charge in [-0.1, -0.05) is 6.07 Å². The van der Waals surface area contributed by atoms with E-state index < -0.39 is 15.2 Å². The van der Waals surface area contributed by atoms with Crippen LogP contribution in [-0.4, -0.2) is 49.5 Å². The molecular formula is C13H18BrFN2O2S2. The van der Waals surface area contributed by atoms with Gasteiger partial charge in [0, 0.05) is 36.9 Å². The molecule has 1 aromatic rings. The molecule has 21 heavy (non-hydrogen) atoms. The van der Waals surface area contributed by atoms with E-state index in [9.17, 15) is 12.8 Å². The van der Waals surface area contributed by atoms with Gasteiger partial charge in [-0.25, -0.2) is 12.8 Å². The molecule has 1 aliphatic heterocycles. The van der Waals surface area contributed by atoms with Gasteiger partial charge in [0.15, 0.2) is 9.84 Å². The largest absolute Gasteiger partial charge is 0.329 e. The number of benzene rings is 1. The number of thioether (sulfide) groups is 1. The summed E-state index contributed by atoms with van der Waals surface area (Å²) in [6.45, 7) is 0.939. The van der Waals surface area contributed by atoms with Crippen LogP contribution in [0.2, 0.25) is 0 Å². The summed E-state index contributed by atoms with van der Waals surface area (Å²) in [7, 11) is -3.19. The Bertz CT molecular complexity index is 612. The van der Waals surface area contributed by atoms with Crippen LogP contribution in [0.15, 0.2) is 22.7 Å². The molecule has 2 rings (SSSR count). The Morgan fingerprint density at radius 3 is 2.86 bits per heavy atom. The summed E-state index contributed by atoms with van der Waals surface area (Å²) in [4.78, 5) is 1.92. The molecule has 1 aliphatic rings. The topological polar surface area (TPSA) is 63.4 Å². The third-order valence-corrected chi connectivity index (χ3v) is 6.84. The highest BCUT2D eigenvalue weighted by molar-refractivity contribution is 9.10. The van der Waals surface area contributed by atoms with E-state index in [0.717, 1.165) is 11.3 Å². The van der Waals surface area contributed by atoms with Crippen LogP contribution in [0.5, 0.6) is 0 Å². The molecule has 118 valence electrons. The maximum atomic E-state index is 13.4. The number of hydrogen-bond acceptors (Lipinski definition) is 5. The lowest BCUT2D eigenvalue weighted by atomic mass is 10.1. The molecule has 1 heterocycles. The van der Waals surface area contributed by atoms with Crippen LogP contribution in [-0.2, 0) is 9.84 Å². The van der Waals surface area contributed by atoms with E-state index in [2.05, 4.69) is 15.9 Å². The van der Waals surface area contributed by atoms with Crippen molar-refractivity contribution in [2.24, 2.45) is 5.73 Å². The van der Waals surface area contributed by atoms with Gasteiger partial charge in [0.05, 0.1) is 4.47 Å². The first-order chi connectivity index (χ1) is 9.84. The van der Waals surface area contributed by atoms with Gasteiger partial charge in [0.1, 0.15) is 11.2 Å². The molecule has 0 radical (unpaired) electrons. The van der Waals surface area contributed by atoms with Crippen molar-refractivity contribution < 1.29 is 12.8 Å². The summed E-state index contributed by atoms with van der Waals surface area (Å²) in [5, 5.41) is -0.548. The Hall–Kier alpha value is -0.150. The van der Waals surface area contributed by atoms with Gasteiger partial charge in [0.2, 0.25) is 0 Å². The molecule has 2 atom stereocenters. The van der Waals surface area contributed by atoms with Crippen LogP contribution in [0.25, 0.3) is 0 Å². The van der Waals surface area contributed by atoms with E-state index in [1.54, 1.807) is 23.9 Å². The van der Waals surface area contributed by atoms with E-state index >= 15 is 0 Å². The zero-order valence-corrected chi connectivity index (χ0v) is 14.8. The lowest BCUT2D eigenvalue weighted by Gasteiger charge is -2.39. The normalized spacial score (nSPS) is 22.2. The molecule has 0 amide bonds. The van der Waals surface area contributed by atoms with Crippen molar-refractivity contribution >= 4 is 37.5 Å². The highest BCUT2D eigenvalue weighted by atomic mass is 79.9. The molecule has 0 aliphatic carbocycles. The van der Waals surface area contributed by atoms with Crippen LogP contribution in [0.3, 0.4) is 0 Å². The Labute approximate surface area is 137 Å². The number of nitrogens with zero attached hydrogens (tertiary/aromatic N) is 1. The second kappa shape index (κ2) is 6.95. The smallest absolute Gasteiger partial charge is 0.164 e. The van der Waals surface area contributed by atoms with Crippen LogP contribution < -0.4 is 5.73 Å². The number of rotatable bonds is 4. The fraction of sp³-hybridized carbons (Fsp3) is 0.538. The molecule has 1 aromatic carbocycles. The van der Waals surface area contributed by atoms with Crippen LogP contribution in [0.4, 0.5) is 4.39 Å². The summed E-state index contributed by atoms with van der Waals surface area (Å²) in [6.07, 6.45) is 1.25. The molecule has 8 heteroatoms. The summed E-state index contributed by atoms with van der Waals surface area (Å²) >= 11 is 4.80. The SMILES string of the molecule is CS(=O)(=O)C1CSCCN1C(CN)c1ccc(F)c(Br)c1. The van der Waals surface area contributed by atoms with Crippen molar-refractivity contribution in [3.63, 3.8) is 0 Å². The van der Waals surface area contributed by atoms with Gasteiger partial charge in [-0.05, 0) is 33.6 Å². The summed E-state index contributed by atoms with van der Waals surface area (Å²) in [5.74, 6) is 1.06. The van der Waals surface area contributed by atoms with Gasteiger partial charge in [-0.3, -0.25) is 4.90 Å². The molecule has 0 saturated carbocycles. The Morgan fingerprint density at radius 2 is 2.29 bits per heavy atom. The van der Waals surface area contributed by atoms with Crippen LogP contribution >= 0.6 is 27.7 Å². The quantitative estimate of drug-likeness (QED) is 0.842. The molecule has 0 aromatic heterocycles. The van der Waals surface area contributed by atoms with E-state index in [0.29, 0.717) is 16.8 Å². The number of sulfone groups is 1. The first kappa shape index (κ1) is 17.2. The minimum absolute atomic E-state index is 0.234. The Kier molecular flexibility index (Phi) is 5.70. The second-order valence-electron chi connectivity index (χ2n) is 5.02. The number of nitrogens with two attached hydrogens (primary N) is 1. The van der Waals surface area contributed by atoms with Crippen LogP contribution in [0.1, 0.15) is 11.6 Å². The van der Waals surface area contributed by atoms with Crippen molar-refractivity contribution in [1.29, 1.82) is 0 Å². The van der Waals surface area contributed by atoms with Crippen molar-refractivity contribution in [2.45, 2.75) is 11.4 Å². The predicted octanol–water partition coefficient (Wildman–Crippen LogP) is 2.01. The maximum absolute atomic E-state index is 13.4. The van der Waals surface area contributed by atoms with E-state index in [-0.39, 0.29) is 18.4 Å². The van der Waals surface area contributed by atoms with Gasteiger partial charge < -0.3 is 5.73 Å². The number of halogens is 2. The molecular weight excluding hydrogens is 379 g/mol. The molecule has 1 fully saturated rings. The fourth-order valence-corrected chi connectivity index (χ4v) is 5.82. The van der Waals surface area contributed by atoms with Crippen LogP contribution in [0, 0.1) is 5.82 Å². The highest BCUT2D eigenvalue weighted by Crippen LogP contribution is 2.31. The minimum atomic E-state index is -3.19. The van der Waals surface area contributed by atoms with E-state index in [1.807, 2.05) is 4.90 Å². The van der Waals surface area contributed by atoms with Gasteiger partial charge in [-0.2, -0.15) is 11.8 Å². The Morgan fingerprint density at radius 1 is 1.57 bits per heavy atom. The highest BCUT2D eigenvalue weighted by Gasteiger charge is 2.35. The number of hydrogen-bond donors (Lipinski definition) is 1. The van der Waals surface area contributed by atoms with E-state index in [4.69, 9.17) is 5.73 Å². The molecule has 2 unspecified atom stereocenters. The third-order valence-electron chi connectivity index (χ3n) is 3.57. The average molecular weight is 397 g/mol. The average Bonchev–Trinajstić information content (AvgIpc) is 2.43. The first-order valence-electron chi connectivity index (χ1n) is 6.52. The van der Waals surface area contributed by atoms with E-state index in [1.165, 1.54) is 12.3 Å². The molecule has 2 N–H and O–H groups in total. The van der Waals surface area contributed by atoms with Crippen molar-refractivity contribution in [3.05, 3.63) is 34.1 Å². The molecule has 1 saturated heterocycles.